The Morgan fingerprint density at radius 2 is 1.75 bits per heavy atom. The Labute approximate surface area is 95.2 Å². The van der Waals surface area contributed by atoms with Crippen LogP contribution < -0.4 is 0 Å². The molecule has 1 fully saturated rings. The van der Waals surface area contributed by atoms with Gasteiger partial charge in [-0.25, -0.2) is 0 Å². The standard InChI is InChI=1S/C12H17NO3/c1-8-9(2)16-10(3)11(8)12(14)13-4-6-15-7-5-13/h4-7H2,1-3H3. The number of carbonyl (C=O) groups is 1. The van der Waals surface area contributed by atoms with E-state index in [1.165, 1.54) is 0 Å². The molecule has 1 amide bonds. The summed E-state index contributed by atoms with van der Waals surface area (Å²) in [6.45, 7) is 8.25. The van der Waals surface area contributed by atoms with Gasteiger partial charge >= 0.3 is 0 Å². The monoisotopic (exact) mass is 223 g/mol. The van der Waals surface area contributed by atoms with Crippen LogP contribution >= 0.6 is 0 Å². The van der Waals surface area contributed by atoms with Gasteiger partial charge in [-0.15, -0.1) is 0 Å². The van der Waals surface area contributed by atoms with E-state index < -0.39 is 0 Å². The quantitative estimate of drug-likeness (QED) is 0.727. The molecule has 1 aromatic rings. The van der Waals surface area contributed by atoms with Gasteiger partial charge in [0.2, 0.25) is 0 Å². The van der Waals surface area contributed by atoms with Crippen molar-refractivity contribution in [3.05, 3.63) is 22.6 Å². The lowest BCUT2D eigenvalue weighted by atomic mass is 10.1. The Balaban J connectivity index is 2.25. The summed E-state index contributed by atoms with van der Waals surface area (Å²) in [6, 6.07) is 0. The van der Waals surface area contributed by atoms with Gasteiger partial charge in [0.05, 0.1) is 18.8 Å². The van der Waals surface area contributed by atoms with Crippen LogP contribution in [0.3, 0.4) is 0 Å². The van der Waals surface area contributed by atoms with Crippen LogP contribution in [0.25, 0.3) is 0 Å². The van der Waals surface area contributed by atoms with Crippen molar-refractivity contribution in [1.82, 2.24) is 4.90 Å². The minimum Gasteiger partial charge on any atom is -0.466 e. The van der Waals surface area contributed by atoms with E-state index in [0.717, 1.165) is 16.9 Å². The molecule has 1 saturated heterocycles. The van der Waals surface area contributed by atoms with Crippen LogP contribution in [0.2, 0.25) is 0 Å². The number of amides is 1. The highest BCUT2D eigenvalue weighted by molar-refractivity contribution is 5.96. The van der Waals surface area contributed by atoms with E-state index in [-0.39, 0.29) is 5.91 Å². The minimum absolute atomic E-state index is 0.0650. The van der Waals surface area contributed by atoms with Gasteiger partial charge in [-0.1, -0.05) is 0 Å². The van der Waals surface area contributed by atoms with Crippen molar-refractivity contribution in [2.24, 2.45) is 0 Å². The summed E-state index contributed by atoms with van der Waals surface area (Å²) in [6.07, 6.45) is 0. The van der Waals surface area contributed by atoms with Gasteiger partial charge in [0, 0.05) is 18.7 Å². The second-order valence-corrected chi connectivity index (χ2v) is 4.12. The van der Waals surface area contributed by atoms with Crippen molar-refractivity contribution < 1.29 is 13.9 Å². The molecule has 16 heavy (non-hydrogen) atoms. The van der Waals surface area contributed by atoms with E-state index in [2.05, 4.69) is 0 Å². The van der Waals surface area contributed by atoms with Crippen molar-refractivity contribution in [1.29, 1.82) is 0 Å². The molecule has 1 aromatic heterocycles. The fraction of sp³-hybridized carbons (Fsp3) is 0.583. The molecule has 0 radical (unpaired) electrons. The van der Waals surface area contributed by atoms with Gasteiger partial charge < -0.3 is 14.1 Å². The number of furan rings is 1. The van der Waals surface area contributed by atoms with Gasteiger partial charge in [-0.05, 0) is 20.8 Å². The Hall–Kier alpha value is -1.29. The summed E-state index contributed by atoms with van der Waals surface area (Å²) in [5.41, 5.74) is 1.67. The fourth-order valence-electron chi connectivity index (χ4n) is 2.03. The molecule has 0 saturated carbocycles. The summed E-state index contributed by atoms with van der Waals surface area (Å²) in [5, 5.41) is 0. The predicted octanol–water partition coefficient (Wildman–Crippen LogP) is 1.68. The van der Waals surface area contributed by atoms with Crippen molar-refractivity contribution >= 4 is 5.91 Å². The number of carbonyl (C=O) groups excluding carboxylic acids is 1. The average Bonchev–Trinajstić information content (AvgIpc) is 2.54. The molecular formula is C12H17NO3. The predicted molar refractivity (Wildman–Crippen MR) is 59.6 cm³/mol. The molecule has 4 nitrogen and oxygen atoms in total. The molecule has 1 aliphatic heterocycles. The highest BCUT2D eigenvalue weighted by Crippen LogP contribution is 2.22. The molecule has 0 aliphatic carbocycles. The van der Waals surface area contributed by atoms with Crippen molar-refractivity contribution in [3.63, 3.8) is 0 Å². The molecule has 4 heteroatoms. The third-order valence-electron chi connectivity index (χ3n) is 3.07. The van der Waals surface area contributed by atoms with Crippen LogP contribution in [0.4, 0.5) is 0 Å². The lowest BCUT2D eigenvalue weighted by molar-refractivity contribution is 0.0301. The smallest absolute Gasteiger partial charge is 0.257 e. The second kappa shape index (κ2) is 4.29. The molecule has 88 valence electrons. The topological polar surface area (TPSA) is 42.7 Å². The zero-order chi connectivity index (χ0) is 11.7. The van der Waals surface area contributed by atoms with E-state index in [4.69, 9.17) is 9.15 Å². The molecule has 0 spiro atoms. The molecule has 0 bridgehead atoms. The summed E-state index contributed by atoms with van der Waals surface area (Å²) in [4.78, 5) is 14.1. The summed E-state index contributed by atoms with van der Waals surface area (Å²) >= 11 is 0. The van der Waals surface area contributed by atoms with Crippen LogP contribution in [-0.4, -0.2) is 37.1 Å². The average molecular weight is 223 g/mol. The zero-order valence-corrected chi connectivity index (χ0v) is 10.0. The van der Waals surface area contributed by atoms with E-state index in [9.17, 15) is 4.79 Å². The van der Waals surface area contributed by atoms with Gasteiger partial charge in [-0.2, -0.15) is 0 Å². The van der Waals surface area contributed by atoms with Crippen LogP contribution in [0.15, 0.2) is 4.42 Å². The first-order chi connectivity index (χ1) is 7.61. The summed E-state index contributed by atoms with van der Waals surface area (Å²) in [5.74, 6) is 1.61. The fourth-order valence-corrected chi connectivity index (χ4v) is 2.03. The van der Waals surface area contributed by atoms with Crippen molar-refractivity contribution in [2.75, 3.05) is 26.3 Å². The Kier molecular flexibility index (Phi) is 3.01. The number of hydrogen-bond donors (Lipinski definition) is 0. The molecule has 0 N–H and O–H groups in total. The second-order valence-electron chi connectivity index (χ2n) is 4.12. The largest absolute Gasteiger partial charge is 0.466 e. The maximum absolute atomic E-state index is 12.3. The number of aryl methyl sites for hydroxylation is 2. The third-order valence-corrected chi connectivity index (χ3v) is 3.07. The Morgan fingerprint density at radius 1 is 1.12 bits per heavy atom. The highest BCUT2D eigenvalue weighted by Gasteiger charge is 2.24. The molecule has 2 heterocycles. The molecular weight excluding hydrogens is 206 g/mol. The third kappa shape index (κ3) is 1.85. The summed E-state index contributed by atoms with van der Waals surface area (Å²) < 4.78 is 10.7. The summed E-state index contributed by atoms with van der Waals surface area (Å²) in [7, 11) is 0. The minimum atomic E-state index is 0.0650. The Morgan fingerprint density at radius 3 is 2.25 bits per heavy atom. The zero-order valence-electron chi connectivity index (χ0n) is 10.0. The number of nitrogens with zero attached hydrogens (tertiary/aromatic N) is 1. The maximum Gasteiger partial charge on any atom is 0.257 e. The van der Waals surface area contributed by atoms with E-state index in [1.807, 2.05) is 25.7 Å². The molecule has 2 rings (SSSR count). The first-order valence-electron chi connectivity index (χ1n) is 5.55. The lowest BCUT2D eigenvalue weighted by Crippen LogP contribution is -2.41. The number of morpholine rings is 1. The number of ether oxygens (including phenoxy) is 1. The van der Waals surface area contributed by atoms with Crippen molar-refractivity contribution in [2.45, 2.75) is 20.8 Å². The van der Waals surface area contributed by atoms with Gasteiger partial charge in [0.1, 0.15) is 11.5 Å². The SMILES string of the molecule is Cc1oc(C)c(C(=O)N2CCOCC2)c1C. The number of hydrogen-bond acceptors (Lipinski definition) is 3. The molecule has 0 aromatic carbocycles. The normalized spacial score (nSPS) is 16.6. The van der Waals surface area contributed by atoms with E-state index >= 15 is 0 Å². The highest BCUT2D eigenvalue weighted by atomic mass is 16.5. The van der Waals surface area contributed by atoms with Crippen LogP contribution in [0.1, 0.15) is 27.4 Å². The first-order valence-corrected chi connectivity index (χ1v) is 5.55. The lowest BCUT2D eigenvalue weighted by Gasteiger charge is -2.26. The van der Waals surface area contributed by atoms with Crippen LogP contribution in [0.5, 0.6) is 0 Å². The molecule has 1 aliphatic rings. The van der Waals surface area contributed by atoms with Gasteiger partial charge in [0.25, 0.3) is 5.91 Å². The first kappa shape index (κ1) is 11.2. The van der Waals surface area contributed by atoms with E-state index in [1.54, 1.807) is 0 Å². The maximum atomic E-state index is 12.3. The molecule has 0 unspecified atom stereocenters. The van der Waals surface area contributed by atoms with Gasteiger partial charge in [0.15, 0.2) is 0 Å². The number of rotatable bonds is 1. The van der Waals surface area contributed by atoms with E-state index in [0.29, 0.717) is 32.1 Å². The van der Waals surface area contributed by atoms with Crippen molar-refractivity contribution in [3.8, 4) is 0 Å². The van der Waals surface area contributed by atoms with Crippen LogP contribution in [0, 0.1) is 20.8 Å². The van der Waals surface area contributed by atoms with Crippen LogP contribution in [-0.2, 0) is 4.74 Å². The molecule has 0 atom stereocenters. The Bertz CT molecular complexity index is 403. The van der Waals surface area contributed by atoms with Gasteiger partial charge in [-0.3, -0.25) is 4.79 Å².